The summed E-state index contributed by atoms with van der Waals surface area (Å²) in [6, 6.07) is 8.94. The minimum Gasteiger partial charge on any atom is -0.481 e. The maximum atomic E-state index is 12.2. The molecule has 0 aliphatic carbocycles. The minimum atomic E-state index is -0.761. The quantitative estimate of drug-likeness (QED) is 0.789. The van der Waals surface area contributed by atoms with Crippen LogP contribution in [0.2, 0.25) is 0 Å². The fraction of sp³-hybridized carbons (Fsp3) is 0.429. The van der Waals surface area contributed by atoms with Gasteiger partial charge in [0.15, 0.2) is 5.78 Å². The molecule has 5 nitrogen and oxygen atoms in total. The summed E-state index contributed by atoms with van der Waals surface area (Å²) in [6.45, 7) is 1.10. The molecule has 1 aromatic rings. The lowest BCUT2D eigenvalue weighted by molar-refractivity contribution is -0.143. The molecule has 2 rings (SSSR count). The van der Waals surface area contributed by atoms with E-state index in [0.717, 1.165) is 0 Å². The zero-order valence-electron chi connectivity index (χ0n) is 10.7. The molecule has 1 saturated heterocycles. The van der Waals surface area contributed by atoms with E-state index in [1.54, 1.807) is 24.3 Å². The first kappa shape index (κ1) is 13.7. The first-order chi connectivity index (χ1) is 9.09. The Bertz CT molecular complexity index is 453. The molecule has 5 heteroatoms. The summed E-state index contributed by atoms with van der Waals surface area (Å²) in [5.74, 6) is -1.19. The summed E-state index contributed by atoms with van der Waals surface area (Å²) in [6.07, 6.45) is 0.410. The molecule has 1 heterocycles. The van der Waals surface area contributed by atoms with Crippen molar-refractivity contribution in [3.05, 3.63) is 35.9 Å². The highest BCUT2D eigenvalue weighted by atomic mass is 16.4. The van der Waals surface area contributed by atoms with Crippen LogP contribution in [0.1, 0.15) is 23.2 Å². The molecule has 0 radical (unpaired) electrons. The molecule has 0 saturated carbocycles. The number of hydrogen-bond acceptors (Lipinski definition) is 4. The smallest absolute Gasteiger partial charge is 0.306 e. The average Bonchev–Trinajstić information content (AvgIpc) is 2.46. The van der Waals surface area contributed by atoms with E-state index in [0.29, 0.717) is 31.5 Å². The Morgan fingerprint density at radius 2 is 1.79 bits per heavy atom. The second-order valence-electron chi connectivity index (χ2n) is 4.82. The number of carboxylic acid groups (broad SMARTS) is 1. The van der Waals surface area contributed by atoms with Gasteiger partial charge in [-0.2, -0.15) is 0 Å². The third-order valence-corrected chi connectivity index (χ3v) is 3.60. The van der Waals surface area contributed by atoms with Crippen LogP contribution in [-0.2, 0) is 4.79 Å². The summed E-state index contributed by atoms with van der Waals surface area (Å²) in [4.78, 5) is 24.9. The molecular formula is C14H18N2O3. The van der Waals surface area contributed by atoms with E-state index in [1.165, 1.54) is 0 Å². The first-order valence-electron chi connectivity index (χ1n) is 6.41. The van der Waals surface area contributed by atoms with Crippen LogP contribution in [0.4, 0.5) is 0 Å². The Hall–Kier alpha value is -1.72. The van der Waals surface area contributed by atoms with Crippen LogP contribution < -0.4 is 5.73 Å². The van der Waals surface area contributed by atoms with Crippen molar-refractivity contribution >= 4 is 11.8 Å². The van der Waals surface area contributed by atoms with Gasteiger partial charge in [-0.25, -0.2) is 0 Å². The number of benzene rings is 1. The van der Waals surface area contributed by atoms with Crippen molar-refractivity contribution in [3.8, 4) is 0 Å². The number of nitrogens with zero attached hydrogens (tertiary/aromatic N) is 1. The number of carbonyl (C=O) groups excluding carboxylic acids is 1. The van der Waals surface area contributed by atoms with Gasteiger partial charge in [-0.15, -0.1) is 0 Å². The number of carboxylic acids is 1. The van der Waals surface area contributed by atoms with Gasteiger partial charge < -0.3 is 10.8 Å². The molecule has 1 aliphatic heterocycles. The number of hydrogen-bond donors (Lipinski definition) is 2. The Labute approximate surface area is 112 Å². The Kier molecular flexibility index (Phi) is 4.29. The average molecular weight is 262 g/mol. The van der Waals surface area contributed by atoms with Gasteiger partial charge in [-0.05, 0) is 12.8 Å². The molecule has 0 amide bonds. The highest BCUT2D eigenvalue weighted by molar-refractivity contribution is 5.99. The third kappa shape index (κ3) is 3.19. The van der Waals surface area contributed by atoms with Crippen LogP contribution >= 0.6 is 0 Å². The van der Waals surface area contributed by atoms with Crippen molar-refractivity contribution in [1.29, 1.82) is 0 Å². The molecule has 1 unspecified atom stereocenters. The molecule has 1 fully saturated rings. The van der Waals surface area contributed by atoms with Gasteiger partial charge in [0.1, 0.15) is 6.17 Å². The maximum absolute atomic E-state index is 12.2. The number of piperidine rings is 1. The zero-order chi connectivity index (χ0) is 13.8. The molecule has 19 heavy (non-hydrogen) atoms. The fourth-order valence-electron chi connectivity index (χ4n) is 2.36. The fourth-order valence-corrected chi connectivity index (χ4v) is 2.36. The molecule has 0 spiro atoms. The molecule has 102 valence electrons. The van der Waals surface area contributed by atoms with E-state index in [1.807, 2.05) is 11.0 Å². The Morgan fingerprint density at radius 1 is 1.21 bits per heavy atom. The van der Waals surface area contributed by atoms with Crippen LogP contribution in [0, 0.1) is 5.92 Å². The Balaban J connectivity index is 1.96. The van der Waals surface area contributed by atoms with Crippen molar-refractivity contribution in [2.24, 2.45) is 11.7 Å². The minimum absolute atomic E-state index is 0.116. The van der Waals surface area contributed by atoms with Gasteiger partial charge in [0, 0.05) is 18.7 Å². The lowest BCUT2D eigenvalue weighted by Gasteiger charge is -2.33. The number of Topliss-reactive ketones (excluding diaryl/α,β-unsaturated/α-hetero) is 1. The predicted octanol–water partition coefficient (Wildman–Crippen LogP) is 0.951. The highest BCUT2D eigenvalue weighted by Gasteiger charge is 2.30. The van der Waals surface area contributed by atoms with Crippen LogP contribution in [0.5, 0.6) is 0 Å². The van der Waals surface area contributed by atoms with Gasteiger partial charge in [0.25, 0.3) is 0 Å². The summed E-state index contributed by atoms with van der Waals surface area (Å²) in [5, 5.41) is 8.93. The number of nitrogens with two attached hydrogens (primary N) is 1. The van der Waals surface area contributed by atoms with E-state index >= 15 is 0 Å². The predicted molar refractivity (Wildman–Crippen MR) is 70.7 cm³/mol. The van der Waals surface area contributed by atoms with Gasteiger partial charge in [0.2, 0.25) is 0 Å². The van der Waals surface area contributed by atoms with Gasteiger partial charge in [-0.3, -0.25) is 14.5 Å². The van der Waals surface area contributed by atoms with E-state index in [2.05, 4.69) is 0 Å². The molecule has 0 bridgehead atoms. The summed E-state index contributed by atoms with van der Waals surface area (Å²) >= 11 is 0. The van der Waals surface area contributed by atoms with Crippen LogP contribution in [0.3, 0.4) is 0 Å². The SMILES string of the molecule is NC(C(=O)c1ccccc1)N1CCC(C(=O)O)CC1. The summed E-state index contributed by atoms with van der Waals surface area (Å²) in [7, 11) is 0. The van der Waals surface area contributed by atoms with E-state index in [-0.39, 0.29) is 11.7 Å². The van der Waals surface area contributed by atoms with Crippen LogP contribution in [-0.4, -0.2) is 41.0 Å². The molecular weight excluding hydrogens is 244 g/mol. The molecule has 0 aromatic heterocycles. The lowest BCUT2D eigenvalue weighted by Crippen LogP contribution is -2.51. The standard InChI is InChI=1S/C14H18N2O3/c15-13(12(17)10-4-2-1-3-5-10)16-8-6-11(7-9-16)14(18)19/h1-5,11,13H,6-9,15H2,(H,18,19). The maximum Gasteiger partial charge on any atom is 0.306 e. The van der Waals surface area contributed by atoms with Gasteiger partial charge >= 0.3 is 5.97 Å². The topological polar surface area (TPSA) is 83.6 Å². The second kappa shape index (κ2) is 5.95. The first-order valence-corrected chi connectivity index (χ1v) is 6.41. The lowest BCUT2D eigenvalue weighted by atomic mass is 9.96. The van der Waals surface area contributed by atoms with Gasteiger partial charge in [-0.1, -0.05) is 30.3 Å². The van der Waals surface area contributed by atoms with Crippen molar-refractivity contribution in [2.45, 2.75) is 19.0 Å². The molecule has 3 N–H and O–H groups in total. The van der Waals surface area contributed by atoms with Crippen molar-refractivity contribution in [3.63, 3.8) is 0 Å². The zero-order valence-corrected chi connectivity index (χ0v) is 10.7. The van der Waals surface area contributed by atoms with E-state index in [4.69, 9.17) is 10.8 Å². The summed E-state index contributed by atoms with van der Waals surface area (Å²) in [5.41, 5.74) is 6.57. The number of carbonyl (C=O) groups is 2. The van der Waals surface area contributed by atoms with Crippen molar-refractivity contribution < 1.29 is 14.7 Å². The monoisotopic (exact) mass is 262 g/mol. The number of likely N-dealkylation sites (tertiary alicyclic amines) is 1. The molecule has 1 atom stereocenters. The largest absolute Gasteiger partial charge is 0.481 e. The highest BCUT2D eigenvalue weighted by Crippen LogP contribution is 2.19. The van der Waals surface area contributed by atoms with Crippen molar-refractivity contribution in [1.82, 2.24) is 4.90 Å². The number of aliphatic carboxylic acids is 1. The third-order valence-electron chi connectivity index (χ3n) is 3.60. The molecule has 1 aliphatic rings. The van der Waals surface area contributed by atoms with E-state index < -0.39 is 12.1 Å². The summed E-state index contributed by atoms with van der Waals surface area (Å²) < 4.78 is 0. The van der Waals surface area contributed by atoms with Crippen molar-refractivity contribution in [2.75, 3.05) is 13.1 Å². The number of ketones is 1. The second-order valence-corrected chi connectivity index (χ2v) is 4.82. The molecule has 1 aromatic carbocycles. The van der Waals surface area contributed by atoms with E-state index in [9.17, 15) is 9.59 Å². The number of rotatable bonds is 4. The van der Waals surface area contributed by atoms with Gasteiger partial charge in [0.05, 0.1) is 5.92 Å². The normalized spacial score (nSPS) is 19.0. The van der Waals surface area contributed by atoms with Crippen LogP contribution in [0.15, 0.2) is 30.3 Å². The van der Waals surface area contributed by atoms with Crippen LogP contribution in [0.25, 0.3) is 0 Å². The Morgan fingerprint density at radius 3 is 2.32 bits per heavy atom.